The maximum atomic E-state index is 13.1. The van der Waals surface area contributed by atoms with E-state index < -0.39 is 11.8 Å². The van der Waals surface area contributed by atoms with E-state index in [0.29, 0.717) is 12.2 Å². The fourth-order valence-corrected chi connectivity index (χ4v) is 1.81. The van der Waals surface area contributed by atoms with E-state index in [0.717, 1.165) is 17.7 Å². The van der Waals surface area contributed by atoms with Gasteiger partial charge in [0.1, 0.15) is 22.9 Å². The molecule has 2 aromatic carbocycles. The van der Waals surface area contributed by atoms with Crippen LogP contribution in [-0.4, -0.2) is 22.8 Å². The Morgan fingerprint density at radius 2 is 1.90 bits per heavy atom. The van der Waals surface area contributed by atoms with E-state index in [-0.39, 0.29) is 17.9 Å². The number of para-hydroxylation sites is 1. The second-order valence-electron chi connectivity index (χ2n) is 4.13. The van der Waals surface area contributed by atoms with Gasteiger partial charge in [-0.05, 0) is 36.2 Å². The molecule has 2 aromatic rings. The van der Waals surface area contributed by atoms with Gasteiger partial charge < -0.3 is 14.9 Å². The van der Waals surface area contributed by atoms with E-state index in [9.17, 15) is 9.18 Å². The van der Waals surface area contributed by atoms with E-state index in [1.807, 2.05) is 0 Å². The molecule has 0 spiro atoms. The van der Waals surface area contributed by atoms with Crippen molar-refractivity contribution in [2.75, 3.05) is 6.61 Å². The summed E-state index contributed by atoms with van der Waals surface area (Å²) in [4.78, 5) is 11.1. The van der Waals surface area contributed by atoms with E-state index in [1.54, 1.807) is 24.3 Å². The van der Waals surface area contributed by atoms with Crippen LogP contribution >= 0.6 is 0 Å². The van der Waals surface area contributed by atoms with Crippen molar-refractivity contribution in [3.63, 3.8) is 0 Å². The minimum atomic E-state index is -1.26. The molecule has 0 unspecified atom stereocenters. The molecule has 0 heterocycles. The molecule has 5 heteroatoms. The molecule has 0 aliphatic heterocycles. The number of aliphatic hydroxyl groups excluding tert-OH is 1. The van der Waals surface area contributed by atoms with Gasteiger partial charge in [-0.3, -0.25) is 0 Å². The number of benzene rings is 2. The lowest BCUT2D eigenvalue weighted by molar-refractivity contribution is 0.0693. The van der Waals surface area contributed by atoms with Gasteiger partial charge in [0.25, 0.3) is 0 Å². The number of rotatable bonds is 5. The van der Waals surface area contributed by atoms with Gasteiger partial charge in [0.2, 0.25) is 0 Å². The highest BCUT2D eigenvalue weighted by Gasteiger charge is 2.14. The van der Waals surface area contributed by atoms with Gasteiger partial charge in [-0.15, -0.1) is 0 Å². The SMILES string of the molecule is O=C(O)c1cc(F)ccc1Oc1ccccc1CCO. The first-order chi connectivity index (χ1) is 9.61. The first-order valence-electron chi connectivity index (χ1n) is 6.01. The van der Waals surface area contributed by atoms with Crippen molar-refractivity contribution in [2.45, 2.75) is 6.42 Å². The Bertz CT molecular complexity index is 625. The Morgan fingerprint density at radius 1 is 1.15 bits per heavy atom. The summed E-state index contributed by atoms with van der Waals surface area (Å²) in [7, 11) is 0. The predicted molar refractivity (Wildman–Crippen MR) is 70.7 cm³/mol. The highest BCUT2D eigenvalue weighted by atomic mass is 19.1. The number of carboxylic acids is 1. The highest BCUT2D eigenvalue weighted by molar-refractivity contribution is 5.91. The van der Waals surface area contributed by atoms with Crippen LogP contribution in [0.4, 0.5) is 4.39 Å². The van der Waals surface area contributed by atoms with Gasteiger partial charge in [0.15, 0.2) is 0 Å². The number of carbonyl (C=O) groups is 1. The van der Waals surface area contributed by atoms with Crippen molar-refractivity contribution < 1.29 is 24.1 Å². The smallest absolute Gasteiger partial charge is 0.339 e. The third-order valence-corrected chi connectivity index (χ3v) is 2.75. The lowest BCUT2D eigenvalue weighted by Crippen LogP contribution is -2.02. The minimum Gasteiger partial charge on any atom is -0.478 e. The number of ether oxygens (including phenoxy) is 1. The summed E-state index contributed by atoms with van der Waals surface area (Å²) in [5, 5.41) is 18.0. The summed E-state index contributed by atoms with van der Waals surface area (Å²) in [6, 6.07) is 10.3. The third-order valence-electron chi connectivity index (χ3n) is 2.75. The molecule has 0 saturated carbocycles. The molecule has 2 N–H and O–H groups in total. The molecule has 104 valence electrons. The van der Waals surface area contributed by atoms with Crippen molar-refractivity contribution in [2.24, 2.45) is 0 Å². The first kappa shape index (κ1) is 14.0. The fraction of sp³-hybridized carbons (Fsp3) is 0.133. The van der Waals surface area contributed by atoms with Crippen LogP contribution in [0.3, 0.4) is 0 Å². The van der Waals surface area contributed by atoms with Gasteiger partial charge in [-0.1, -0.05) is 18.2 Å². The molecular weight excluding hydrogens is 263 g/mol. The molecule has 0 aliphatic carbocycles. The Labute approximate surface area is 115 Å². The van der Waals surface area contributed by atoms with Crippen LogP contribution in [0.2, 0.25) is 0 Å². The molecule has 0 aliphatic rings. The van der Waals surface area contributed by atoms with Crippen LogP contribution in [0, 0.1) is 5.82 Å². The molecule has 20 heavy (non-hydrogen) atoms. The number of halogens is 1. The Morgan fingerprint density at radius 3 is 2.60 bits per heavy atom. The molecule has 0 saturated heterocycles. The lowest BCUT2D eigenvalue weighted by Gasteiger charge is -2.12. The zero-order valence-corrected chi connectivity index (χ0v) is 10.5. The van der Waals surface area contributed by atoms with Crippen LogP contribution < -0.4 is 4.74 Å². The molecule has 0 radical (unpaired) electrons. The van der Waals surface area contributed by atoms with E-state index in [2.05, 4.69) is 0 Å². The summed E-state index contributed by atoms with van der Waals surface area (Å²) in [5.41, 5.74) is 0.500. The molecule has 0 amide bonds. The van der Waals surface area contributed by atoms with Gasteiger partial charge in [-0.25, -0.2) is 9.18 Å². The number of carboxylic acid groups (broad SMARTS) is 1. The van der Waals surface area contributed by atoms with Crippen molar-refractivity contribution in [3.8, 4) is 11.5 Å². The van der Waals surface area contributed by atoms with E-state index in [1.165, 1.54) is 6.07 Å². The third kappa shape index (κ3) is 3.13. The summed E-state index contributed by atoms with van der Waals surface area (Å²) in [5.74, 6) is -1.41. The van der Waals surface area contributed by atoms with E-state index in [4.69, 9.17) is 14.9 Å². The predicted octanol–water partition coefficient (Wildman–Crippen LogP) is 2.85. The molecule has 4 nitrogen and oxygen atoms in total. The van der Waals surface area contributed by atoms with Crippen molar-refractivity contribution in [1.29, 1.82) is 0 Å². The van der Waals surface area contributed by atoms with Crippen molar-refractivity contribution in [1.82, 2.24) is 0 Å². The second-order valence-corrected chi connectivity index (χ2v) is 4.13. The van der Waals surface area contributed by atoms with Gasteiger partial charge >= 0.3 is 5.97 Å². The van der Waals surface area contributed by atoms with Crippen LogP contribution in [0.25, 0.3) is 0 Å². The first-order valence-corrected chi connectivity index (χ1v) is 6.01. The molecule has 0 bridgehead atoms. The van der Waals surface area contributed by atoms with Gasteiger partial charge in [0.05, 0.1) is 0 Å². The number of aliphatic hydroxyl groups is 1. The summed E-state index contributed by atoms with van der Waals surface area (Å²) in [6.45, 7) is -0.0461. The summed E-state index contributed by atoms with van der Waals surface area (Å²) >= 11 is 0. The fourth-order valence-electron chi connectivity index (χ4n) is 1.81. The topological polar surface area (TPSA) is 66.8 Å². The monoisotopic (exact) mass is 276 g/mol. The van der Waals surface area contributed by atoms with Crippen molar-refractivity contribution >= 4 is 5.97 Å². The Balaban J connectivity index is 2.37. The van der Waals surface area contributed by atoms with Crippen LogP contribution in [-0.2, 0) is 6.42 Å². The zero-order chi connectivity index (χ0) is 14.5. The Hall–Kier alpha value is -2.40. The number of hydrogen-bond donors (Lipinski definition) is 2. The lowest BCUT2D eigenvalue weighted by atomic mass is 10.1. The summed E-state index contributed by atoms with van der Waals surface area (Å²) < 4.78 is 18.6. The van der Waals surface area contributed by atoms with Gasteiger partial charge in [-0.2, -0.15) is 0 Å². The van der Waals surface area contributed by atoms with E-state index >= 15 is 0 Å². The molecule has 0 atom stereocenters. The standard InChI is InChI=1S/C15H13FO4/c16-11-5-6-14(12(9-11)15(18)19)20-13-4-2-1-3-10(13)7-8-17/h1-6,9,17H,7-8H2,(H,18,19). The maximum Gasteiger partial charge on any atom is 0.339 e. The average molecular weight is 276 g/mol. The largest absolute Gasteiger partial charge is 0.478 e. The van der Waals surface area contributed by atoms with Crippen LogP contribution in [0.15, 0.2) is 42.5 Å². The molecule has 0 fully saturated rings. The summed E-state index contributed by atoms with van der Waals surface area (Å²) in [6.07, 6.45) is 0.389. The average Bonchev–Trinajstić information content (AvgIpc) is 2.43. The molecule has 2 rings (SSSR count). The molecular formula is C15H13FO4. The van der Waals surface area contributed by atoms with Crippen LogP contribution in [0.1, 0.15) is 15.9 Å². The molecule has 0 aromatic heterocycles. The number of aromatic carboxylic acids is 1. The normalized spacial score (nSPS) is 10.3. The van der Waals surface area contributed by atoms with Gasteiger partial charge in [0, 0.05) is 6.61 Å². The highest BCUT2D eigenvalue weighted by Crippen LogP contribution is 2.29. The number of hydrogen-bond acceptors (Lipinski definition) is 3. The Kier molecular flexibility index (Phi) is 4.32. The minimum absolute atomic E-state index is 0.0461. The second kappa shape index (κ2) is 6.16. The quantitative estimate of drug-likeness (QED) is 0.881. The maximum absolute atomic E-state index is 13.1. The van der Waals surface area contributed by atoms with Crippen LogP contribution in [0.5, 0.6) is 11.5 Å². The van der Waals surface area contributed by atoms with Crippen molar-refractivity contribution in [3.05, 3.63) is 59.4 Å². The zero-order valence-electron chi connectivity index (χ0n) is 10.5.